The highest BCUT2D eigenvalue weighted by Gasteiger charge is 2.23. The van der Waals surface area contributed by atoms with Gasteiger partial charge in [-0.3, -0.25) is 0 Å². The predicted molar refractivity (Wildman–Crippen MR) is 61.3 cm³/mol. The second-order valence-corrected chi connectivity index (χ2v) is 4.75. The van der Waals surface area contributed by atoms with E-state index in [0.717, 1.165) is 23.0 Å². The van der Waals surface area contributed by atoms with Crippen molar-refractivity contribution in [1.29, 1.82) is 0 Å². The SMILES string of the molecule is CC1CC(c2cc(Cl)ccc2Cl)CN1. The van der Waals surface area contributed by atoms with Gasteiger partial charge in [0.25, 0.3) is 0 Å². The summed E-state index contributed by atoms with van der Waals surface area (Å²) in [6, 6.07) is 6.27. The molecule has 1 aromatic rings. The fourth-order valence-corrected chi connectivity index (χ4v) is 2.45. The van der Waals surface area contributed by atoms with Gasteiger partial charge in [0.05, 0.1) is 0 Å². The van der Waals surface area contributed by atoms with Gasteiger partial charge in [-0.15, -0.1) is 0 Å². The lowest BCUT2D eigenvalue weighted by molar-refractivity contribution is 0.658. The topological polar surface area (TPSA) is 12.0 Å². The molecule has 1 aliphatic rings. The Labute approximate surface area is 94.4 Å². The maximum Gasteiger partial charge on any atom is 0.0442 e. The van der Waals surface area contributed by atoms with Gasteiger partial charge in [-0.2, -0.15) is 0 Å². The molecule has 1 nitrogen and oxygen atoms in total. The van der Waals surface area contributed by atoms with Crippen LogP contribution < -0.4 is 5.32 Å². The van der Waals surface area contributed by atoms with Crippen molar-refractivity contribution in [2.45, 2.75) is 25.3 Å². The van der Waals surface area contributed by atoms with Crippen molar-refractivity contribution in [2.75, 3.05) is 6.54 Å². The first-order valence-corrected chi connectivity index (χ1v) is 5.60. The maximum atomic E-state index is 6.14. The van der Waals surface area contributed by atoms with E-state index in [1.807, 2.05) is 18.2 Å². The predicted octanol–water partition coefficient (Wildman–Crippen LogP) is 3.46. The van der Waals surface area contributed by atoms with Crippen LogP contribution in [0.5, 0.6) is 0 Å². The summed E-state index contributed by atoms with van der Waals surface area (Å²) in [7, 11) is 0. The number of hydrogen-bond donors (Lipinski definition) is 1. The van der Waals surface area contributed by atoms with E-state index >= 15 is 0 Å². The van der Waals surface area contributed by atoms with Crippen LogP contribution in [0.25, 0.3) is 0 Å². The van der Waals surface area contributed by atoms with Crippen molar-refractivity contribution >= 4 is 23.2 Å². The standard InChI is InChI=1S/C11H13Cl2N/c1-7-4-8(6-14-7)10-5-9(12)2-3-11(10)13/h2-3,5,7-8,14H,4,6H2,1H3. The third-order valence-electron chi connectivity index (χ3n) is 2.75. The second-order valence-electron chi connectivity index (χ2n) is 3.91. The molecule has 2 rings (SSSR count). The smallest absolute Gasteiger partial charge is 0.0442 e. The molecule has 0 aliphatic carbocycles. The summed E-state index contributed by atoms with van der Waals surface area (Å²) in [5.41, 5.74) is 1.18. The summed E-state index contributed by atoms with van der Waals surface area (Å²) in [5.74, 6) is 0.510. The lowest BCUT2D eigenvalue weighted by Gasteiger charge is -2.11. The van der Waals surface area contributed by atoms with Crippen molar-refractivity contribution in [3.63, 3.8) is 0 Å². The lowest BCUT2D eigenvalue weighted by Crippen LogP contribution is -2.16. The summed E-state index contributed by atoms with van der Waals surface area (Å²) in [6.45, 7) is 3.19. The van der Waals surface area contributed by atoms with E-state index in [9.17, 15) is 0 Å². The molecule has 1 aliphatic heterocycles. The fourth-order valence-electron chi connectivity index (χ4n) is 2.00. The molecule has 1 fully saturated rings. The first kappa shape index (κ1) is 10.3. The third-order valence-corrected chi connectivity index (χ3v) is 3.33. The van der Waals surface area contributed by atoms with Crippen molar-refractivity contribution in [3.05, 3.63) is 33.8 Å². The average molecular weight is 230 g/mol. The van der Waals surface area contributed by atoms with Gasteiger partial charge < -0.3 is 5.32 Å². The first-order valence-electron chi connectivity index (χ1n) is 4.85. The Bertz CT molecular complexity index is 338. The van der Waals surface area contributed by atoms with Gasteiger partial charge in [0, 0.05) is 22.6 Å². The summed E-state index contributed by atoms with van der Waals surface area (Å²) < 4.78 is 0. The van der Waals surface area contributed by atoms with Crippen LogP contribution in [-0.4, -0.2) is 12.6 Å². The zero-order valence-electron chi connectivity index (χ0n) is 8.06. The molecule has 0 aromatic heterocycles. The minimum Gasteiger partial charge on any atom is -0.314 e. The monoisotopic (exact) mass is 229 g/mol. The molecule has 1 N–H and O–H groups in total. The van der Waals surface area contributed by atoms with Crippen LogP contribution in [0.1, 0.15) is 24.8 Å². The highest BCUT2D eigenvalue weighted by atomic mass is 35.5. The zero-order valence-corrected chi connectivity index (χ0v) is 9.57. The highest BCUT2D eigenvalue weighted by Crippen LogP contribution is 2.32. The van der Waals surface area contributed by atoms with E-state index < -0.39 is 0 Å². The molecule has 1 heterocycles. The Balaban J connectivity index is 2.27. The third kappa shape index (κ3) is 2.05. The van der Waals surface area contributed by atoms with Crippen LogP contribution in [0.15, 0.2) is 18.2 Å². The Kier molecular flexibility index (Phi) is 3.01. The van der Waals surface area contributed by atoms with Gasteiger partial charge in [0.15, 0.2) is 0 Å². The molecule has 2 unspecified atom stereocenters. The van der Waals surface area contributed by atoms with E-state index in [-0.39, 0.29) is 0 Å². The Hall–Kier alpha value is -0.240. The van der Waals surface area contributed by atoms with Crippen LogP contribution >= 0.6 is 23.2 Å². The first-order chi connectivity index (χ1) is 6.66. The molecule has 0 saturated carbocycles. The summed E-state index contributed by atoms with van der Waals surface area (Å²) in [5, 5.41) is 5.01. The minimum atomic E-state index is 0.510. The molecule has 0 radical (unpaired) electrons. The number of benzene rings is 1. The van der Waals surface area contributed by atoms with Crippen LogP contribution in [0.4, 0.5) is 0 Å². The Morgan fingerprint density at radius 1 is 1.36 bits per heavy atom. The van der Waals surface area contributed by atoms with Gasteiger partial charge in [0.1, 0.15) is 0 Å². The molecular weight excluding hydrogens is 217 g/mol. The van der Waals surface area contributed by atoms with Gasteiger partial charge in [-0.1, -0.05) is 23.2 Å². The van der Waals surface area contributed by atoms with Gasteiger partial charge in [-0.25, -0.2) is 0 Å². The molecule has 0 bridgehead atoms. The molecule has 1 saturated heterocycles. The van der Waals surface area contributed by atoms with Crippen LogP contribution in [0.3, 0.4) is 0 Å². The Morgan fingerprint density at radius 3 is 2.79 bits per heavy atom. The second kappa shape index (κ2) is 4.09. The van der Waals surface area contributed by atoms with Crippen molar-refractivity contribution < 1.29 is 0 Å². The normalized spacial score (nSPS) is 26.8. The lowest BCUT2D eigenvalue weighted by atomic mass is 9.97. The van der Waals surface area contributed by atoms with E-state index in [1.165, 1.54) is 5.56 Å². The number of nitrogens with one attached hydrogen (secondary N) is 1. The van der Waals surface area contributed by atoms with Crippen LogP contribution in [-0.2, 0) is 0 Å². The maximum absolute atomic E-state index is 6.14. The molecule has 0 amide bonds. The van der Waals surface area contributed by atoms with E-state index in [2.05, 4.69) is 12.2 Å². The van der Waals surface area contributed by atoms with Crippen molar-refractivity contribution in [1.82, 2.24) is 5.32 Å². The minimum absolute atomic E-state index is 0.510. The molecule has 0 spiro atoms. The molecule has 76 valence electrons. The average Bonchev–Trinajstić information content (AvgIpc) is 2.56. The summed E-state index contributed by atoms with van der Waals surface area (Å²) >= 11 is 12.1. The number of hydrogen-bond acceptors (Lipinski definition) is 1. The number of rotatable bonds is 1. The van der Waals surface area contributed by atoms with Crippen LogP contribution in [0.2, 0.25) is 10.0 Å². The summed E-state index contributed by atoms with van der Waals surface area (Å²) in [4.78, 5) is 0. The largest absolute Gasteiger partial charge is 0.314 e. The summed E-state index contributed by atoms with van der Waals surface area (Å²) in [6.07, 6.45) is 1.14. The van der Waals surface area contributed by atoms with Crippen LogP contribution in [0, 0.1) is 0 Å². The van der Waals surface area contributed by atoms with E-state index in [4.69, 9.17) is 23.2 Å². The highest BCUT2D eigenvalue weighted by molar-refractivity contribution is 6.33. The van der Waals surface area contributed by atoms with E-state index in [0.29, 0.717) is 12.0 Å². The number of halogens is 2. The molecule has 1 aromatic carbocycles. The van der Waals surface area contributed by atoms with Crippen molar-refractivity contribution in [3.8, 4) is 0 Å². The van der Waals surface area contributed by atoms with Gasteiger partial charge in [-0.05, 0) is 43.0 Å². The Morgan fingerprint density at radius 2 is 2.14 bits per heavy atom. The van der Waals surface area contributed by atoms with E-state index in [1.54, 1.807) is 0 Å². The molecular formula is C11H13Cl2N. The quantitative estimate of drug-likeness (QED) is 0.778. The molecule has 2 atom stereocenters. The van der Waals surface area contributed by atoms with Gasteiger partial charge in [0.2, 0.25) is 0 Å². The van der Waals surface area contributed by atoms with Crippen molar-refractivity contribution in [2.24, 2.45) is 0 Å². The fraction of sp³-hybridized carbons (Fsp3) is 0.455. The molecule has 3 heteroatoms. The zero-order chi connectivity index (χ0) is 10.1. The van der Waals surface area contributed by atoms with Gasteiger partial charge >= 0.3 is 0 Å². The molecule has 14 heavy (non-hydrogen) atoms.